The van der Waals surface area contributed by atoms with E-state index in [1.165, 1.54) is 16.7 Å². The number of nitrogens with zero attached hydrogens (tertiary/aromatic N) is 4. The molecule has 5 rings (SSSR count). The topological polar surface area (TPSA) is 35.6 Å². The first-order valence-corrected chi connectivity index (χ1v) is 13.2. The molecule has 202 valence electrons. The van der Waals surface area contributed by atoms with Crippen LogP contribution in [0.4, 0.5) is 0 Å². The summed E-state index contributed by atoms with van der Waals surface area (Å²) in [6.45, 7) is 15.7. The molecule has 39 heavy (non-hydrogen) atoms. The van der Waals surface area contributed by atoms with Crippen molar-refractivity contribution in [2.45, 2.75) is 65.2 Å². The molecule has 1 atom stereocenters. The van der Waals surface area contributed by atoms with Gasteiger partial charge in [0, 0.05) is 11.9 Å². The third-order valence-electron chi connectivity index (χ3n) is 6.99. The van der Waals surface area contributed by atoms with Crippen molar-refractivity contribution >= 4 is 0 Å². The maximum Gasteiger partial charge on any atom is 2.00 e. The van der Waals surface area contributed by atoms with Gasteiger partial charge in [-0.05, 0) is 58.0 Å². The summed E-state index contributed by atoms with van der Waals surface area (Å²) >= 11 is 0. The quantitative estimate of drug-likeness (QED) is 0.177. The van der Waals surface area contributed by atoms with Crippen molar-refractivity contribution in [1.82, 2.24) is 19.6 Å². The van der Waals surface area contributed by atoms with Gasteiger partial charge in [-0.15, -0.1) is 12.1 Å². The summed E-state index contributed by atoms with van der Waals surface area (Å²) in [5.74, 6) is -0.132. The van der Waals surface area contributed by atoms with Gasteiger partial charge < -0.3 is 0 Å². The van der Waals surface area contributed by atoms with Gasteiger partial charge in [0.15, 0.2) is 0 Å². The number of aryl methyl sites for hydroxylation is 1. The van der Waals surface area contributed by atoms with Crippen molar-refractivity contribution in [2.75, 3.05) is 0 Å². The first-order valence-electron chi connectivity index (χ1n) is 13.2. The number of rotatable bonds is 5. The van der Waals surface area contributed by atoms with Crippen LogP contribution in [0.5, 0.6) is 0 Å². The van der Waals surface area contributed by atoms with Crippen LogP contribution >= 0.6 is 0 Å². The SMILES string of the molecule is Cc1cc(C(c2cc(C(C)(C)C)cc(C(C)(C)C)c2)c2ccn(-c3[c-]cccc3)n2)nn1-c1[c-]cccc1.[Pt+2]. The summed E-state index contributed by atoms with van der Waals surface area (Å²) in [6.07, 6.45) is 2.02. The van der Waals surface area contributed by atoms with Crippen LogP contribution in [0.2, 0.25) is 0 Å². The van der Waals surface area contributed by atoms with E-state index in [0.717, 1.165) is 28.5 Å². The largest absolute Gasteiger partial charge is 2.00 e. The van der Waals surface area contributed by atoms with Crippen molar-refractivity contribution in [3.05, 3.63) is 131 Å². The van der Waals surface area contributed by atoms with Crippen molar-refractivity contribution in [3.63, 3.8) is 0 Å². The zero-order valence-corrected chi connectivity index (χ0v) is 26.0. The average molecular weight is 696 g/mol. The molecule has 0 N–H and O–H groups in total. The summed E-state index contributed by atoms with van der Waals surface area (Å²) in [4.78, 5) is 0. The molecule has 1 unspecified atom stereocenters. The van der Waals surface area contributed by atoms with Crippen LogP contribution in [-0.2, 0) is 31.9 Å². The van der Waals surface area contributed by atoms with Gasteiger partial charge in [0.1, 0.15) is 0 Å². The molecule has 0 aliphatic carbocycles. The van der Waals surface area contributed by atoms with E-state index in [1.807, 2.05) is 64.1 Å². The Hall–Kier alpha value is -3.23. The Morgan fingerprint density at radius 1 is 0.692 bits per heavy atom. The second-order valence-corrected chi connectivity index (χ2v) is 12.1. The molecule has 0 aliphatic rings. The van der Waals surface area contributed by atoms with Crippen molar-refractivity contribution in [3.8, 4) is 11.4 Å². The molecule has 0 spiro atoms. The zero-order valence-electron chi connectivity index (χ0n) is 23.8. The molecule has 0 saturated carbocycles. The molecular formula is C34H36N4Pt. The Labute approximate surface area is 247 Å². The zero-order chi connectivity index (χ0) is 27.1. The molecule has 2 aromatic heterocycles. The summed E-state index contributed by atoms with van der Waals surface area (Å²) < 4.78 is 3.87. The van der Waals surface area contributed by atoms with Crippen LogP contribution in [0.25, 0.3) is 11.4 Å². The minimum Gasteiger partial charge on any atom is -0.265 e. The molecule has 5 heteroatoms. The first-order chi connectivity index (χ1) is 18.0. The first kappa shape index (κ1) is 28.8. The van der Waals surface area contributed by atoms with Gasteiger partial charge in [-0.3, -0.25) is 9.36 Å². The summed E-state index contributed by atoms with van der Waals surface area (Å²) in [6, 6.07) is 33.8. The van der Waals surface area contributed by atoms with Crippen LogP contribution in [0.15, 0.2) is 85.1 Å². The summed E-state index contributed by atoms with van der Waals surface area (Å²) in [5, 5.41) is 10.2. The van der Waals surface area contributed by atoms with Crippen LogP contribution in [-0.4, -0.2) is 19.6 Å². The van der Waals surface area contributed by atoms with Gasteiger partial charge in [0.05, 0.1) is 17.3 Å². The predicted octanol–water partition coefficient (Wildman–Crippen LogP) is 7.74. The third-order valence-corrected chi connectivity index (χ3v) is 6.99. The summed E-state index contributed by atoms with van der Waals surface area (Å²) in [5.41, 5.74) is 8.66. The van der Waals surface area contributed by atoms with E-state index in [-0.39, 0.29) is 37.8 Å². The number of aromatic nitrogens is 4. The van der Waals surface area contributed by atoms with Crippen molar-refractivity contribution in [2.24, 2.45) is 0 Å². The standard InChI is InChI=1S/C34H36N4.Pt/c1-24-20-31(36-38(24)29-16-12-9-13-17-29)32(30-18-19-37(35-30)28-14-10-8-11-15-28)25-21-26(33(2,3)4)23-27(22-25)34(5,6)7;/h8-14,16,18-23,32H,1-7H3;/q-2;+2. The second-order valence-electron chi connectivity index (χ2n) is 12.1. The Morgan fingerprint density at radius 2 is 1.28 bits per heavy atom. The van der Waals surface area contributed by atoms with E-state index in [0.29, 0.717) is 0 Å². The Balaban J connectivity index is 0.00000353. The van der Waals surface area contributed by atoms with Gasteiger partial charge in [-0.1, -0.05) is 59.7 Å². The molecule has 5 aromatic rings. The molecule has 0 amide bonds. The molecule has 4 nitrogen and oxygen atoms in total. The Morgan fingerprint density at radius 3 is 1.82 bits per heavy atom. The molecule has 0 fully saturated rings. The fourth-order valence-electron chi connectivity index (χ4n) is 4.73. The van der Waals surface area contributed by atoms with E-state index >= 15 is 0 Å². The molecular weight excluding hydrogens is 659 g/mol. The number of para-hydroxylation sites is 2. The number of hydrogen-bond donors (Lipinski definition) is 0. The molecule has 0 aliphatic heterocycles. The minimum absolute atomic E-state index is 0. The van der Waals surface area contributed by atoms with E-state index in [9.17, 15) is 0 Å². The van der Waals surface area contributed by atoms with Crippen LogP contribution in [0, 0.1) is 19.1 Å². The van der Waals surface area contributed by atoms with E-state index in [1.54, 1.807) is 0 Å². The van der Waals surface area contributed by atoms with Crippen LogP contribution in [0.1, 0.15) is 81.2 Å². The molecule has 0 bridgehead atoms. The fourth-order valence-corrected chi connectivity index (χ4v) is 4.73. The summed E-state index contributed by atoms with van der Waals surface area (Å²) in [7, 11) is 0. The molecule has 2 heterocycles. The fraction of sp³-hybridized carbons (Fsp3) is 0.294. The second kappa shape index (κ2) is 11.1. The predicted molar refractivity (Wildman–Crippen MR) is 154 cm³/mol. The van der Waals surface area contributed by atoms with E-state index < -0.39 is 0 Å². The van der Waals surface area contributed by atoms with Crippen molar-refractivity contribution in [1.29, 1.82) is 0 Å². The van der Waals surface area contributed by atoms with Crippen LogP contribution < -0.4 is 0 Å². The van der Waals surface area contributed by atoms with E-state index in [4.69, 9.17) is 10.2 Å². The molecule has 0 radical (unpaired) electrons. The maximum atomic E-state index is 5.13. The van der Waals surface area contributed by atoms with Crippen LogP contribution in [0.3, 0.4) is 0 Å². The third kappa shape index (κ3) is 6.17. The smallest absolute Gasteiger partial charge is 0.265 e. The van der Waals surface area contributed by atoms with Gasteiger partial charge in [0.2, 0.25) is 0 Å². The maximum absolute atomic E-state index is 5.13. The molecule has 0 saturated heterocycles. The van der Waals surface area contributed by atoms with E-state index in [2.05, 4.69) is 90.9 Å². The van der Waals surface area contributed by atoms with Gasteiger partial charge in [0.25, 0.3) is 0 Å². The number of hydrogen-bond acceptors (Lipinski definition) is 2. The Bertz CT molecular complexity index is 1500. The Kier molecular flexibility index (Phi) is 8.19. The average Bonchev–Trinajstić information content (AvgIpc) is 3.51. The molecule has 3 aromatic carbocycles. The minimum atomic E-state index is -0.132. The van der Waals surface area contributed by atoms with Crippen molar-refractivity contribution < 1.29 is 21.1 Å². The number of benzene rings is 3. The monoisotopic (exact) mass is 695 g/mol. The van der Waals surface area contributed by atoms with Gasteiger partial charge >= 0.3 is 21.1 Å². The van der Waals surface area contributed by atoms with Gasteiger partial charge in [-0.25, -0.2) is 0 Å². The van der Waals surface area contributed by atoms with Gasteiger partial charge in [-0.2, -0.15) is 58.7 Å². The normalized spacial score (nSPS) is 12.7.